The second-order valence-electron chi connectivity index (χ2n) is 10.4. The van der Waals surface area contributed by atoms with Crippen molar-refractivity contribution in [3.8, 4) is 11.5 Å². The summed E-state index contributed by atoms with van der Waals surface area (Å²) >= 11 is 13.3. The number of benzene rings is 3. The van der Waals surface area contributed by atoms with Gasteiger partial charge in [0.15, 0.2) is 12.4 Å². The van der Waals surface area contributed by atoms with E-state index in [0.717, 1.165) is 5.56 Å². The second-order valence-corrected chi connectivity index (χ2v) is 11.3. The van der Waals surface area contributed by atoms with Crippen LogP contribution >= 0.6 is 23.2 Å². The quantitative estimate of drug-likeness (QED) is 0.165. The number of halogens is 2. The number of rotatable bonds is 9. The van der Waals surface area contributed by atoms with Crippen LogP contribution in [0.1, 0.15) is 46.5 Å². The summed E-state index contributed by atoms with van der Waals surface area (Å²) in [6.45, 7) is 4.57. The molecule has 1 aliphatic heterocycles. The Morgan fingerprint density at radius 2 is 1.81 bits per heavy atom. The van der Waals surface area contributed by atoms with Crippen molar-refractivity contribution < 1.29 is 23.8 Å². The summed E-state index contributed by atoms with van der Waals surface area (Å²) in [4.78, 5) is 31.5. The van der Waals surface area contributed by atoms with Gasteiger partial charge in [-0.15, -0.1) is 0 Å². The minimum absolute atomic E-state index is 0.217. The first-order chi connectivity index (χ1) is 20.6. The highest BCUT2D eigenvalue weighted by Gasteiger charge is 2.50. The van der Waals surface area contributed by atoms with Crippen molar-refractivity contribution in [3.05, 3.63) is 122 Å². The van der Waals surface area contributed by atoms with E-state index in [1.165, 1.54) is 12.4 Å². The molecule has 0 fully saturated rings. The van der Waals surface area contributed by atoms with Gasteiger partial charge in [0, 0.05) is 51.1 Å². The van der Waals surface area contributed by atoms with Gasteiger partial charge < -0.3 is 24.5 Å². The van der Waals surface area contributed by atoms with Gasteiger partial charge in [0.05, 0.1) is 27.3 Å². The monoisotopic (exact) mass is 619 g/mol. The Balaban J connectivity index is 1.55. The van der Waals surface area contributed by atoms with Crippen molar-refractivity contribution in [2.75, 3.05) is 25.7 Å². The van der Waals surface area contributed by atoms with Crippen LogP contribution in [0.25, 0.3) is 0 Å². The summed E-state index contributed by atoms with van der Waals surface area (Å²) in [5.74, 6) is 0.759. The Kier molecular flexibility index (Phi) is 8.53. The van der Waals surface area contributed by atoms with Crippen molar-refractivity contribution in [2.24, 2.45) is 0 Å². The summed E-state index contributed by atoms with van der Waals surface area (Å²) in [6, 6.07) is 19.2. The van der Waals surface area contributed by atoms with Gasteiger partial charge in [0.1, 0.15) is 16.9 Å². The maximum Gasteiger partial charge on any atom is 0.254 e. The van der Waals surface area contributed by atoms with Crippen molar-refractivity contribution in [3.63, 3.8) is 0 Å². The van der Waals surface area contributed by atoms with Crippen LogP contribution in [0.3, 0.4) is 0 Å². The average molecular weight is 621 g/mol. The molecule has 1 aromatic heterocycles. The predicted octanol–water partition coefficient (Wildman–Crippen LogP) is 6.16. The van der Waals surface area contributed by atoms with Crippen molar-refractivity contribution in [1.29, 1.82) is 0 Å². The van der Waals surface area contributed by atoms with Crippen LogP contribution in [0.4, 0.5) is 5.69 Å². The highest BCUT2D eigenvalue weighted by atomic mass is 35.5. The van der Waals surface area contributed by atoms with Gasteiger partial charge in [-0.2, -0.15) is 4.73 Å². The normalized spacial score (nSPS) is 15.8. The largest absolute Gasteiger partial charge is 0.619 e. The molecule has 0 radical (unpaired) electrons. The van der Waals surface area contributed by atoms with E-state index in [1.807, 2.05) is 25.1 Å². The molecule has 1 unspecified atom stereocenters. The van der Waals surface area contributed by atoms with Gasteiger partial charge >= 0.3 is 0 Å². The first-order valence-corrected chi connectivity index (χ1v) is 14.5. The molecule has 2 amide bonds. The van der Waals surface area contributed by atoms with Gasteiger partial charge in [-0.25, -0.2) is 0 Å². The van der Waals surface area contributed by atoms with Crippen LogP contribution < -0.4 is 19.1 Å². The highest BCUT2D eigenvalue weighted by Crippen LogP contribution is 2.49. The number of hydrogen-bond acceptors (Lipinski definition) is 5. The van der Waals surface area contributed by atoms with Crippen molar-refractivity contribution in [2.45, 2.75) is 32.4 Å². The van der Waals surface area contributed by atoms with Crippen LogP contribution in [-0.4, -0.2) is 37.5 Å². The minimum atomic E-state index is -1.24. The van der Waals surface area contributed by atoms with Crippen LogP contribution in [0.5, 0.6) is 11.5 Å². The molecule has 1 atom stereocenters. The molecule has 0 aliphatic carbocycles. The number of anilines is 1. The fraction of sp³-hybridized carbons (Fsp3) is 0.242. The van der Waals surface area contributed by atoms with Gasteiger partial charge in [0.2, 0.25) is 5.91 Å². The average Bonchev–Trinajstić information content (AvgIpc) is 3.21. The summed E-state index contributed by atoms with van der Waals surface area (Å²) < 4.78 is 11.6. The van der Waals surface area contributed by atoms with Crippen LogP contribution in [0.15, 0.2) is 79.1 Å². The Bertz CT molecular complexity index is 1710. The standard InChI is InChI=1S/C33H31Cl2N3O5/c1-5-36(18-21-7-6-14-37(41)19-21)31(39)22-9-12-28(35)26(15-22)33(2)27-16-24(34)10-13-29(27)38(32(33)40)20-23-8-11-25(42-3)17-30(23)43-4/h6-17,19H,5,18,20H2,1-4H3. The Morgan fingerprint density at radius 1 is 1.02 bits per heavy atom. The Hall–Kier alpha value is -4.27. The molecule has 0 spiro atoms. The van der Waals surface area contributed by atoms with E-state index in [9.17, 15) is 14.8 Å². The Labute approximate surface area is 260 Å². The fourth-order valence-electron chi connectivity index (χ4n) is 5.57. The minimum Gasteiger partial charge on any atom is -0.619 e. The molecule has 0 bridgehead atoms. The SMILES string of the molecule is CCN(Cc1ccc[n+]([O-])c1)C(=O)c1ccc(Cl)c(C2(C)C(=O)N(Cc3ccc(OC)cc3OC)c3ccc(Cl)cc32)c1. The maximum absolute atomic E-state index is 14.5. The molecule has 0 saturated carbocycles. The van der Waals surface area contributed by atoms with Crippen LogP contribution in [0, 0.1) is 5.21 Å². The molecular weight excluding hydrogens is 589 g/mol. The number of pyridine rings is 1. The molecule has 5 rings (SSSR count). The summed E-state index contributed by atoms with van der Waals surface area (Å²) in [7, 11) is 3.15. The maximum atomic E-state index is 14.5. The lowest BCUT2D eigenvalue weighted by Gasteiger charge is -2.28. The van der Waals surface area contributed by atoms with E-state index < -0.39 is 5.41 Å². The van der Waals surface area contributed by atoms with Gasteiger partial charge in [-0.05, 0) is 79.6 Å². The van der Waals surface area contributed by atoms with Crippen molar-refractivity contribution >= 4 is 40.7 Å². The molecule has 1 aliphatic rings. The van der Waals surface area contributed by atoms with Crippen LogP contribution in [0.2, 0.25) is 10.0 Å². The van der Waals surface area contributed by atoms with E-state index in [0.29, 0.717) is 60.8 Å². The molecule has 43 heavy (non-hydrogen) atoms. The number of ether oxygens (including phenoxy) is 2. The van der Waals surface area contributed by atoms with Crippen molar-refractivity contribution in [1.82, 2.24) is 4.90 Å². The lowest BCUT2D eigenvalue weighted by atomic mass is 9.76. The van der Waals surface area contributed by atoms with E-state index in [2.05, 4.69) is 0 Å². The number of amides is 2. The smallest absolute Gasteiger partial charge is 0.254 e. The fourth-order valence-corrected chi connectivity index (χ4v) is 6.05. The van der Waals surface area contributed by atoms with Gasteiger partial charge in [-0.1, -0.05) is 23.2 Å². The molecule has 3 aromatic carbocycles. The summed E-state index contributed by atoms with van der Waals surface area (Å²) in [6.07, 6.45) is 2.83. The zero-order chi connectivity index (χ0) is 30.9. The predicted molar refractivity (Wildman–Crippen MR) is 166 cm³/mol. The zero-order valence-electron chi connectivity index (χ0n) is 24.3. The third-order valence-corrected chi connectivity index (χ3v) is 8.48. The number of nitrogens with zero attached hydrogens (tertiary/aromatic N) is 3. The Morgan fingerprint density at radius 3 is 2.51 bits per heavy atom. The van der Waals surface area contributed by atoms with Crippen LogP contribution in [-0.2, 0) is 23.3 Å². The molecule has 0 N–H and O–H groups in total. The number of methoxy groups -OCH3 is 2. The van der Waals surface area contributed by atoms with E-state index >= 15 is 0 Å². The molecule has 2 heterocycles. The highest BCUT2D eigenvalue weighted by molar-refractivity contribution is 6.33. The zero-order valence-corrected chi connectivity index (χ0v) is 25.8. The lowest BCUT2D eigenvalue weighted by Crippen LogP contribution is -2.39. The van der Waals surface area contributed by atoms with E-state index in [-0.39, 0.29) is 24.9 Å². The van der Waals surface area contributed by atoms with E-state index in [4.69, 9.17) is 32.7 Å². The molecule has 8 nitrogen and oxygen atoms in total. The van der Waals surface area contributed by atoms with Gasteiger partial charge in [-0.3, -0.25) is 9.59 Å². The summed E-state index contributed by atoms with van der Waals surface area (Å²) in [5.41, 5.74) is 2.49. The molecule has 4 aromatic rings. The first kappa shape index (κ1) is 30.2. The second kappa shape index (κ2) is 12.1. The van der Waals surface area contributed by atoms with Gasteiger partial charge in [0.25, 0.3) is 5.91 Å². The number of fused-ring (bicyclic) bond motifs is 1. The molecule has 0 saturated heterocycles. The number of carbonyl (C=O) groups is 2. The lowest BCUT2D eigenvalue weighted by molar-refractivity contribution is -0.605. The molecular formula is C33H31Cl2N3O5. The summed E-state index contributed by atoms with van der Waals surface area (Å²) in [5, 5.41) is 12.6. The number of carbonyl (C=O) groups excluding carboxylic acids is 2. The first-order valence-electron chi connectivity index (χ1n) is 13.7. The van der Waals surface area contributed by atoms with E-state index in [1.54, 1.807) is 79.5 Å². The topological polar surface area (TPSA) is 86.0 Å². The third kappa shape index (κ3) is 5.60. The number of aromatic nitrogens is 1. The molecule has 10 heteroatoms. The third-order valence-electron chi connectivity index (χ3n) is 7.91. The number of hydrogen-bond donors (Lipinski definition) is 0. The molecule has 222 valence electrons.